The summed E-state index contributed by atoms with van der Waals surface area (Å²) in [6.07, 6.45) is 7.02. The molecule has 1 aliphatic carbocycles. The zero-order chi connectivity index (χ0) is 53.5. The molecule has 0 unspecified atom stereocenters. The van der Waals surface area contributed by atoms with Crippen molar-refractivity contribution in [2.45, 2.75) is 112 Å². The van der Waals surface area contributed by atoms with Crippen LogP contribution in [0.4, 0.5) is 0 Å². The second kappa shape index (κ2) is 18.9. The fourth-order valence-electron chi connectivity index (χ4n) is 12.3. The first-order valence-electron chi connectivity index (χ1n) is 27.7. The Hall–Kier alpha value is -8.02. The van der Waals surface area contributed by atoms with Crippen LogP contribution in [0.15, 0.2) is 182 Å². The molecule has 384 valence electrons. The van der Waals surface area contributed by atoms with Gasteiger partial charge in [0.1, 0.15) is 11.6 Å². The van der Waals surface area contributed by atoms with E-state index in [1.807, 2.05) is 6.20 Å². The zero-order valence-corrected chi connectivity index (χ0v) is 46.5. The lowest BCUT2D eigenvalue weighted by atomic mass is 9.71. The molecule has 0 spiro atoms. The number of hydrogen-bond donors (Lipinski definition) is 1. The standard InChI is InChI=1S/C72H70N4O/c1-45-18-17-19-46(2)67(45)75-62-31-29-54(60-42-53(36-39-73-60)49-26-24-48(25-27-49)50-34-37-72(9,10)38-35-50)41-57(62)65-63(75)32-33-64-66(65)74-69(58-43-55(70(3,4)5)44-59(68(58)77)71(6,7)8)76(64)61-30-28-52(47-20-13-11-14-21-47)40-56(61)51-22-15-12-16-23-51/h11-33,36,39-44,50,77H,34-35,37-38H2,1-10H3. The van der Waals surface area contributed by atoms with Crippen LogP contribution in [0, 0.1) is 19.3 Å². The van der Waals surface area contributed by atoms with Gasteiger partial charge in [-0.1, -0.05) is 177 Å². The van der Waals surface area contributed by atoms with Crippen LogP contribution in [0.25, 0.3) is 100 Å². The van der Waals surface area contributed by atoms with Crippen LogP contribution in [0.3, 0.4) is 0 Å². The number of aromatic hydroxyl groups is 1. The number of imidazole rings is 1. The smallest absolute Gasteiger partial charge is 0.149 e. The lowest BCUT2D eigenvalue weighted by Gasteiger charge is -2.34. The highest BCUT2D eigenvalue weighted by Gasteiger charge is 2.31. The number of aryl methyl sites for hydroxylation is 2. The second-order valence-corrected chi connectivity index (χ2v) is 24.8. The van der Waals surface area contributed by atoms with Crippen molar-refractivity contribution in [2.24, 2.45) is 5.41 Å². The van der Waals surface area contributed by atoms with Gasteiger partial charge in [0.25, 0.3) is 0 Å². The van der Waals surface area contributed by atoms with E-state index >= 15 is 0 Å². The number of hydrogen-bond acceptors (Lipinski definition) is 3. The predicted octanol–water partition coefficient (Wildman–Crippen LogP) is 19.5. The molecule has 0 saturated heterocycles. The molecular formula is C72H70N4O. The molecule has 0 atom stereocenters. The van der Waals surface area contributed by atoms with Gasteiger partial charge in [0, 0.05) is 33.7 Å². The van der Waals surface area contributed by atoms with Gasteiger partial charge in [0.2, 0.25) is 0 Å². The van der Waals surface area contributed by atoms with E-state index in [9.17, 15) is 5.11 Å². The Balaban J connectivity index is 1.13. The third-order valence-electron chi connectivity index (χ3n) is 16.8. The number of benzene rings is 8. The van der Waals surface area contributed by atoms with Gasteiger partial charge in [-0.3, -0.25) is 9.55 Å². The highest BCUT2D eigenvalue weighted by molar-refractivity contribution is 6.21. The van der Waals surface area contributed by atoms with Crippen LogP contribution in [0.5, 0.6) is 5.75 Å². The van der Waals surface area contributed by atoms with Crippen molar-refractivity contribution in [1.29, 1.82) is 0 Å². The maximum atomic E-state index is 12.8. The van der Waals surface area contributed by atoms with Crippen LogP contribution in [0.2, 0.25) is 0 Å². The van der Waals surface area contributed by atoms with Crippen LogP contribution in [0.1, 0.15) is 115 Å². The van der Waals surface area contributed by atoms with Gasteiger partial charge in [-0.15, -0.1) is 0 Å². The fourth-order valence-corrected chi connectivity index (χ4v) is 12.3. The summed E-state index contributed by atoms with van der Waals surface area (Å²) in [6.45, 7) is 22.5. The molecule has 12 rings (SSSR count). The number of phenolic OH excluding ortho intramolecular Hbond substituents is 1. The molecule has 8 aromatic carbocycles. The summed E-state index contributed by atoms with van der Waals surface area (Å²) in [5.74, 6) is 1.56. The molecule has 1 N–H and O–H groups in total. The minimum Gasteiger partial charge on any atom is -0.507 e. The molecule has 0 bridgehead atoms. The SMILES string of the molecule is Cc1cccc(C)c1-n1c2ccc(-c3cc(-c4ccc(C5CCC(C)(C)CC5)cc4)ccn3)cc2c2c3nc(-c4cc(C(C)(C)C)cc(C(C)(C)C)c4O)n(-c4ccc(-c5ccccc5)cc4-c4ccccc4)c3ccc21. The van der Waals surface area contributed by atoms with Gasteiger partial charge in [0.15, 0.2) is 0 Å². The summed E-state index contributed by atoms with van der Waals surface area (Å²) in [6, 6.07) is 64.1. The third kappa shape index (κ3) is 9.04. The van der Waals surface area contributed by atoms with Crippen molar-refractivity contribution >= 4 is 32.8 Å². The quantitative estimate of drug-likeness (QED) is 0.165. The summed E-state index contributed by atoms with van der Waals surface area (Å²) in [5, 5.41) is 15.0. The van der Waals surface area contributed by atoms with Crippen LogP contribution in [-0.2, 0) is 10.8 Å². The van der Waals surface area contributed by atoms with E-state index in [-0.39, 0.29) is 16.6 Å². The highest BCUT2D eigenvalue weighted by atomic mass is 16.3. The Bertz CT molecular complexity index is 4020. The molecule has 77 heavy (non-hydrogen) atoms. The normalized spacial score (nSPS) is 14.3. The largest absolute Gasteiger partial charge is 0.507 e. The number of phenols is 1. The van der Waals surface area contributed by atoms with E-state index in [0.29, 0.717) is 22.7 Å². The highest BCUT2D eigenvalue weighted by Crippen LogP contribution is 2.48. The molecular weight excluding hydrogens is 937 g/mol. The first-order chi connectivity index (χ1) is 36.9. The summed E-state index contributed by atoms with van der Waals surface area (Å²) in [7, 11) is 0. The van der Waals surface area contributed by atoms with Gasteiger partial charge in [-0.25, -0.2) is 4.98 Å². The predicted molar refractivity (Wildman–Crippen MR) is 324 cm³/mol. The third-order valence-corrected chi connectivity index (χ3v) is 16.8. The van der Waals surface area contributed by atoms with E-state index in [4.69, 9.17) is 9.97 Å². The molecule has 0 radical (unpaired) electrons. The van der Waals surface area contributed by atoms with Gasteiger partial charge < -0.3 is 9.67 Å². The molecule has 11 aromatic rings. The second-order valence-electron chi connectivity index (χ2n) is 24.8. The van der Waals surface area contributed by atoms with Gasteiger partial charge in [0.05, 0.1) is 44.7 Å². The first-order valence-corrected chi connectivity index (χ1v) is 27.7. The van der Waals surface area contributed by atoms with Gasteiger partial charge in [-0.2, -0.15) is 0 Å². The van der Waals surface area contributed by atoms with Crippen molar-refractivity contribution in [3.63, 3.8) is 0 Å². The average Bonchev–Trinajstić information content (AvgIpc) is 4.07. The van der Waals surface area contributed by atoms with Crippen molar-refractivity contribution in [1.82, 2.24) is 19.1 Å². The van der Waals surface area contributed by atoms with E-state index in [0.717, 1.165) is 94.4 Å². The van der Waals surface area contributed by atoms with E-state index in [2.05, 4.69) is 254 Å². The topological polar surface area (TPSA) is 55.9 Å². The number of nitrogens with zero attached hydrogens (tertiary/aromatic N) is 4. The molecule has 1 saturated carbocycles. The average molecular weight is 1010 g/mol. The van der Waals surface area contributed by atoms with Crippen LogP contribution >= 0.6 is 0 Å². The Morgan fingerprint density at radius 1 is 0.532 bits per heavy atom. The zero-order valence-electron chi connectivity index (χ0n) is 46.5. The number of fused-ring (bicyclic) bond motifs is 5. The summed E-state index contributed by atoms with van der Waals surface area (Å²) >= 11 is 0. The van der Waals surface area contributed by atoms with Crippen molar-refractivity contribution in [2.75, 3.05) is 0 Å². The molecule has 5 nitrogen and oxygen atoms in total. The molecule has 1 fully saturated rings. The molecule has 5 heteroatoms. The molecule has 0 amide bonds. The Labute approximate surface area is 455 Å². The van der Waals surface area contributed by atoms with Gasteiger partial charge in [-0.05, 0) is 166 Å². The molecule has 1 aliphatic rings. The van der Waals surface area contributed by atoms with Crippen molar-refractivity contribution in [3.05, 3.63) is 210 Å². The first kappa shape index (κ1) is 49.8. The summed E-state index contributed by atoms with van der Waals surface area (Å²) in [4.78, 5) is 10.9. The van der Waals surface area contributed by atoms with Gasteiger partial charge >= 0.3 is 0 Å². The maximum absolute atomic E-state index is 12.8. The van der Waals surface area contributed by atoms with Crippen LogP contribution < -0.4 is 0 Å². The molecule has 0 aliphatic heterocycles. The van der Waals surface area contributed by atoms with Crippen molar-refractivity contribution in [3.8, 4) is 73.2 Å². The molecule has 3 heterocycles. The molecule has 3 aromatic heterocycles. The lowest BCUT2D eigenvalue weighted by molar-refractivity contribution is 0.224. The Morgan fingerprint density at radius 2 is 1.14 bits per heavy atom. The Kier molecular flexibility index (Phi) is 12.2. The van der Waals surface area contributed by atoms with Crippen molar-refractivity contribution < 1.29 is 5.11 Å². The van der Waals surface area contributed by atoms with E-state index in [1.165, 1.54) is 47.9 Å². The van der Waals surface area contributed by atoms with E-state index in [1.54, 1.807) is 0 Å². The Morgan fingerprint density at radius 3 is 1.82 bits per heavy atom. The summed E-state index contributed by atoms with van der Waals surface area (Å²) < 4.78 is 4.76. The summed E-state index contributed by atoms with van der Waals surface area (Å²) in [5.41, 5.74) is 21.2. The number of pyridine rings is 1. The fraction of sp³-hybridized carbons (Fsp3) is 0.250. The maximum Gasteiger partial charge on any atom is 0.149 e. The number of rotatable bonds is 8. The minimum atomic E-state index is -0.354. The number of aromatic nitrogens is 4. The monoisotopic (exact) mass is 1010 g/mol. The lowest BCUT2D eigenvalue weighted by Crippen LogP contribution is -2.20. The number of para-hydroxylation sites is 1. The van der Waals surface area contributed by atoms with Crippen LogP contribution in [-0.4, -0.2) is 24.2 Å². The van der Waals surface area contributed by atoms with E-state index < -0.39 is 0 Å². The minimum absolute atomic E-state index is 0.213.